The Morgan fingerprint density at radius 3 is 2.55 bits per heavy atom. The molecule has 4 rings (SSSR count). The number of aliphatic hydroxyl groups excluding tert-OH is 1. The molecular formula is C23H20FN3O2. The smallest absolute Gasteiger partial charge is 0.253 e. The van der Waals surface area contributed by atoms with Crippen molar-refractivity contribution >= 4 is 27.7 Å². The van der Waals surface area contributed by atoms with E-state index in [1.807, 2.05) is 42.5 Å². The lowest BCUT2D eigenvalue weighted by Gasteiger charge is -2.14. The monoisotopic (exact) mass is 389 g/mol. The molecule has 0 saturated carbocycles. The number of rotatable bonds is 4. The molecule has 0 fully saturated rings. The summed E-state index contributed by atoms with van der Waals surface area (Å²) in [5, 5.41) is 15.3. The Morgan fingerprint density at radius 1 is 1.03 bits per heavy atom. The van der Waals surface area contributed by atoms with Gasteiger partial charge in [-0.05, 0) is 42.3 Å². The van der Waals surface area contributed by atoms with E-state index in [-0.39, 0.29) is 12.1 Å². The molecule has 6 heteroatoms. The van der Waals surface area contributed by atoms with E-state index < -0.39 is 17.8 Å². The molecule has 0 aliphatic heterocycles. The maximum absolute atomic E-state index is 14.0. The Morgan fingerprint density at radius 2 is 1.76 bits per heavy atom. The van der Waals surface area contributed by atoms with Crippen LogP contribution in [0, 0.1) is 19.7 Å². The van der Waals surface area contributed by atoms with Gasteiger partial charge in [0.25, 0.3) is 5.91 Å². The number of carbonyl (C=O) groups is 1. The van der Waals surface area contributed by atoms with Crippen LogP contribution >= 0.6 is 0 Å². The first kappa shape index (κ1) is 19.0. The first-order valence-electron chi connectivity index (χ1n) is 9.32. The molecule has 0 spiro atoms. The largest absolute Gasteiger partial charge is 0.387 e. The second kappa shape index (κ2) is 7.56. The summed E-state index contributed by atoms with van der Waals surface area (Å²) in [4.78, 5) is 21.4. The normalized spacial score (nSPS) is 12.3. The summed E-state index contributed by atoms with van der Waals surface area (Å²) in [6, 6.07) is 15.9. The zero-order valence-electron chi connectivity index (χ0n) is 16.1. The SMILES string of the molecule is Cc1nc2cc(F)cc(C(=O)NCC(O)c3ccc4ccccc4c3)c2nc1C. The van der Waals surface area contributed by atoms with Crippen LogP contribution in [0.25, 0.3) is 21.8 Å². The fourth-order valence-electron chi connectivity index (χ4n) is 3.29. The minimum absolute atomic E-state index is 0.00650. The third-order valence-corrected chi connectivity index (χ3v) is 5.00. The quantitative estimate of drug-likeness (QED) is 0.553. The number of fused-ring (bicyclic) bond motifs is 2. The Balaban J connectivity index is 1.57. The van der Waals surface area contributed by atoms with Crippen LogP contribution in [0.2, 0.25) is 0 Å². The Kier molecular flexibility index (Phi) is 4.94. The van der Waals surface area contributed by atoms with Gasteiger partial charge >= 0.3 is 0 Å². The summed E-state index contributed by atoms with van der Waals surface area (Å²) in [7, 11) is 0. The van der Waals surface area contributed by atoms with Crippen LogP contribution in [0.3, 0.4) is 0 Å². The van der Waals surface area contributed by atoms with Crippen LogP contribution in [-0.4, -0.2) is 27.5 Å². The number of amides is 1. The van der Waals surface area contributed by atoms with Gasteiger partial charge in [-0.2, -0.15) is 0 Å². The number of aryl methyl sites for hydroxylation is 2. The van der Waals surface area contributed by atoms with Crippen molar-refractivity contribution in [3.05, 3.63) is 82.9 Å². The van der Waals surface area contributed by atoms with Crippen LogP contribution < -0.4 is 5.32 Å². The molecule has 146 valence electrons. The number of hydrogen-bond donors (Lipinski definition) is 2. The highest BCUT2D eigenvalue weighted by atomic mass is 19.1. The Hall–Kier alpha value is -3.38. The van der Waals surface area contributed by atoms with E-state index in [4.69, 9.17) is 0 Å². The second-order valence-electron chi connectivity index (χ2n) is 7.05. The van der Waals surface area contributed by atoms with E-state index in [1.54, 1.807) is 13.8 Å². The minimum Gasteiger partial charge on any atom is -0.387 e. The molecule has 5 nitrogen and oxygen atoms in total. The predicted molar refractivity (Wildman–Crippen MR) is 110 cm³/mol. The van der Waals surface area contributed by atoms with Gasteiger partial charge in [-0.15, -0.1) is 0 Å². The van der Waals surface area contributed by atoms with Crippen molar-refractivity contribution in [2.75, 3.05) is 6.54 Å². The van der Waals surface area contributed by atoms with Crippen molar-refractivity contribution in [2.45, 2.75) is 20.0 Å². The summed E-state index contributed by atoms with van der Waals surface area (Å²) in [5.74, 6) is -1.07. The number of nitrogens with zero attached hydrogens (tertiary/aromatic N) is 2. The maximum Gasteiger partial charge on any atom is 0.253 e. The summed E-state index contributed by atoms with van der Waals surface area (Å²) in [6.45, 7) is 3.57. The molecule has 1 unspecified atom stereocenters. The third-order valence-electron chi connectivity index (χ3n) is 5.00. The van der Waals surface area contributed by atoms with Crippen LogP contribution in [0.15, 0.2) is 54.6 Å². The molecule has 2 N–H and O–H groups in total. The van der Waals surface area contributed by atoms with Gasteiger partial charge in [0.15, 0.2) is 0 Å². The van der Waals surface area contributed by atoms with E-state index in [0.29, 0.717) is 28.0 Å². The van der Waals surface area contributed by atoms with Gasteiger partial charge < -0.3 is 10.4 Å². The molecule has 1 heterocycles. The molecule has 29 heavy (non-hydrogen) atoms. The van der Waals surface area contributed by atoms with Crippen LogP contribution in [0.4, 0.5) is 4.39 Å². The van der Waals surface area contributed by atoms with Gasteiger partial charge in [0.05, 0.1) is 28.6 Å². The highest BCUT2D eigenvalue weighted by Gasteiger charge is 2.17. The summed E-state index contributed by atoms with van der Waals surface area (Å²) >= 11 is 0. The fourth-order valence-corrected chi connectivity index (χ4v) is 3.29. The third kappa shape index (κ3) is 3.79. The number of aromatic nitrogens is 2. The molecule has 0 aliphatic carbocycles. The van der Waals surface area contributed by atoms with Gasteiger partial charge in [-0.1, -0.05) is 36.4 Å². The molecule has 1 aromatic heterocycles. The lowest BCUT2D eigenvalue weighted by molar-refractivity contribution is 0.0917. The standard InChI is InChI=1S/C23H20FN3O2/c1-13-14(2)27-22-19(10-18(24)11-20(22)26-13)23(29)25-12-21(28)17-8-7-15-5-3-4-6-16(15)9-17/h3-11,21,28H,12H2,1-2H3,(H,25,29). The molecule has 0 bridgehead atoms. The van der Waals surface area contributed by atoms with Crippen molar-refractivity contribution in [2.24, 2.45) is 0 Å². The molecule has 3 aromatic carbocycles. The Bertz CT molecular complexity index is 1240. The maximum atomic E-state index is 14.0. The number of carbonyl (C=O) groups excluding carboxylic acids is 1. The van der Waals surface area contributed by atoms with Crippen molar-refractivity contribution in [3.63, 3.8) is 0 Å². The molecule has 1 amide bonds. The average molecular weight is 389 g/mol. The van der Waals surface area contributed by atoms with E-state index in [0.717, 1.165) is 16.8 Å². The van der Waals surface area contributed by atoms with Gasteiger partial charge in [0.1, 0.15) is 11.3 Å². The molecular weight excluding hydrogens is 369 g/mol. The number of benzene rings is 3. The minimum atomic E-state index is -0.890. The summed E-state index contributed by atoms with van der Waals surface area (Å²) in [5.41, 5.74) is 2.82. The first-order valence-corrected chi connectivity index (χ1v) is 9.32. The first-order chi connectivity index (χ1) is 13.9. The zero-order valence-corrected chi connectivity index (χ0v) is 16.1. The second-order valence-corrected chi connectivity index (χ2v) is 7.05. The van der Waals surface area contributed by atoms with Crippen LogP contribution in [-0.2, 0) is 0 Å². The van der Waals surface area contributed by atoms with Gasteiger partial charge in [-0.3, -0.25) is 4.79 Å². The van der Waals surface area contributed by atoms with Crippen LogP contribution in [0.1, 0.15) is 33.4 Å². The van der Waals surface area contributed by atoms with Crippen LogP contribution in [0.5, 0.6) is 0 Å². The van der Waals surface area contributed by atoms with Crippen molar-refractivity contribution < 1.29 is 14.3 Å². The molecule has 0 radical (unpaired) electrons. The van der Waals surface area contributed by atoms with Crippen molar-refractivity contribution in [1.29, 1.82) is 0 Å². The van der Waals surface area contributed by atoms with Gasteiger partial charge in [-0.25, -0.2) is 14.4 Å². The van der Waals surface area contributed by atoms with Gasteiger partial charge in [0.2, 0.25) is 0 Å². The lowest BCUT2D eigenvalue weighted by Crippen LogP contribution is -2.29. The molecule has 4 aromatic rings. The summed E-state index contributed by atoms with van der Waals surface area (Å²) in [6.07, 6.45) is -0.890. The van der Waals surface area contributed by atoms with Crippen molar-refractivity contribution in [1.82, 2.24) is 15.3 Å². The topological polar surface area (TPSA) is 75.1 Å². The Labute approximate surface area is 167 Å². The van der Waals surface area contributed by atoms with E-state index in [9.17, 15) is 14.3 Å². The van der Waals surface area contributed by atoms with Crippen molar-refractivity contribution in [3.8, 4) is 0 Å². The van der Waals surface area contributed by atoms with E-state index in [2.05, 4.69) is 15.3 Å². The summed E-state index contributed by atoms with van der Waals surface area (Å²) < 4.78 is 14.0. The van der Waals surface area contributed by atoms with Gasteiger partial charge in [0, 0.05) is 12.6 Å². The number of halogens is 1. The van der Waals surface area contributed by atoms with E-state index >= 15 is 0 Å². The molecule has 0 saturated heterocycles. The highest BCUT2D eigenvalue weighted by molar-refractivity contribution is 6.04. The number of aliphatic hydroxyl groups is 1. The molecule has 0 aliphatic rings. The average Bonchev–Trinajstić information content (AvgIpc) is 2.72. The fraction of sp³-hybridized carbons (Fsp3) is 0.174. The number of hydrogen-bond acceptors (Lipinski definition) is 4. The highest BCUT2D eigenvalue weighted by Crippen LogP contribution is 2.21. The zero-order chi connectivity index (χ0) is 20.5. The molecule has 1 atom stereocenters. The lowest BCUT2D eigenvalue weighted by atomic mass is 10.0. The number of nitrogens with one attached hydrogen (secondary N) is 1. The predicted octanol–water partition coefficient (Wildman–Crippen LogP) is 4.00. The van der Waals surface area contributed by atoms with E-state index in [1.165, 1.54) is 6.07 Å².